The van der Waals surface area contributed by atoms with Gasteiger partial charge in [-0.3, -0.25) is 29.5 Å². The van der Waals surface area contributed by atoms with E-state index < -0.39 is 46.8 Å². The third-order valence-electron chi connectivity index (χ3n) is 10.6. The number of fused-ring (bicyclic) bond motifs is 4. The fourth-order valence-corrected chi connectivity index (χ4v) is 9.30. The van der Waals surface area contributed by atoms with Crippen LogP contribution in [0, 0.1) is 30.6 Å². The number of nitrogens with one attached hydrogen (secondary N) is 1. The van der Waals surface area contributed by atoms with E-state index in [1.165, 1.54) is 16.2 Å². The van der Waals surface area contributed by atoms with Crippen molar-refractivity contribution in [3.63, 3.8) is 0 Å². The van der Waals surface area contributed by atoms with Gasteiger partial charge in [-0.25, -0.2) is 0 Å². The number of carbonyl (C=O) groups excluding carboxylic acids is 4. The van der Waals surface area contributed by atoms with Crippen LogP contribution < -0.4 is 5.43 Å². The summed E-state index contributed by atoms with van der Waals surface area (Å²) in [6.07, 6.45) is 2.57. The van der Waals surface area contributed by atoms with Crippen molar-refractivity contribution in [2.24, 2.45) is 23.7 Å². The maximum absolute atomic E-state index is 15.1. The number of carbonyl (C=O) groups is 4. The van der Waals surface area contributed by atoms with Gasteiger partial charge in [0.25, 0.3) is 11.8 Å². The molecule has 2 aliphatic heterocycles. The summed E-state index contributed by atoms with van der Waals surface area (Å²) in [5, 5.41) is 14.5. The molecular formula is C38H33N3O5S. The van der Waals surface area contributed by atoms with Gasteiger partial charge >= 0.3 is 0 Å². The maximum atomic E-state index is 15.1. The van der Waals surface area contributed by atoms with E-state index in [1.807, 2.05) is 91.2 Å². The van der Waals surface area contributed by atoms with E-state index in [1.54, 1.807) is 18.2 Å². The van der Waals surface area contributed by atoms with Crippen LogP contribution in [0.25, 0.3) is 0 Å². The van der Waals surface area contributed by atoms with Crippen LogP contribution in [0.5, 0.6) is 5.75 Å². The molecule has 4 amide bonds. The maximum Gasteiger partial charge on any atom is 0.260 e. The summed E-state index contributed by atoms with van der Waals surface area (Å²) in [5.41, 5.74) is 5.33. The van der Waals surface area contributed by atoms with E-state index in [4.69, 9.17) is 0 Å². The Balaban J connectivity index is 1.30. The minimum atomic E-state index is -1.41. The Kier molecular flexibility index (Phi) is 6.91. The van der Waals surface area contributed by atoms with Crippen molar-refractivity contribution >= 4 is 40.7 Å². The lowest BCUT2D eigenvalue weighted by Crippen LogP contribution is -2.53. The monoisotopic (exact) mass is 643 g/mol. The van der Waals surface area contributed by atoms with E-state index in [9.17, 15) is 19.5 Å². The zero-order valence-electron chi connectivity index (χ0n) is 25.7. The number of para-hydroxylation sites is 1. The molecule has 47 heavy (non-hydrogen) atoms. The van der Waals surface area contributed by atoms with Gasteiger partial charge in [0, 0.05) is 16.4 Å². The number of likely N-dealkylation sites (tertiary alicyclic amines) is 1. The number of anilines is 1. The number of allylic oxidation sites excluding steroid dienone is 2. The zero-order chi connectivity index (χ0) is 32.4. The number of amides is 4. The van der Waals surface area contributed by atoms with Crippen LogP contribution >= 0.6 is 11.3 Å². The SMILES string of the molecule is Cc1ccc(NN2C(=O)C3CC4C(=CCC5C(=O)N(Cc6cccs6)C(=O)C54)C(c4ccccc4O)C3(c3ccccc3)C2=O)cc1. The molecule has 2 aliphatic carbocycles. The minimum Gasteiger partial charge on any atom is -0.508 e. The summed E-state index contributed by atoms with van der Waals surface area (Å²) in [4.78, 5) is 60.0. The molecule has 4 aromatic rings. The quantitative estimate of drug-likeness (QED) is 0.199. The molecule has 4 aliphatic rings. The Morgan fingerprint density at radius 3 is 2.32 bits per heavy atom. The lowest BCUT2D eigenvalue weighted by atomic mass is 9.49. The van der Waals surface area contributed by atoms with E-state index in [-0.39, 0.29) is 30.5 Å². The van der Waals surface area contributed by atoms with Crippen molar-refractivity contribution in [2.45, 2.75) is 37.6 Å². The van der Waals surface area contributed by atoms with Crippen molar-refractivity contribution < 1.29 is 24.3 Å². The summed E-state index contributed by atoms with van der Waals surface area (Å²) in [7, 11) is 0. The molecule has 8 nitrogen and oxygen atoms in total. The van der Waals surface area contributed by atoms with Gasteiger partial charge in [0.2, 0.25) is 11.8 Å². The fourth-order valence-electron chi connectivity index (χ4n) is 8.60. The predicted molar refractivity (Wildman–Crippen MR) is 177 cm³/mol. The highest BCUT2D eigenvalue weighted by atomic mass is 32.1. The Hall–Kier alpha value is -5.02. The molecule has 9 heteroatoms. The van der Waals surface area contributed by atoms with Gasteiger partial charge in [-0.15, -0.1) is 11.3 Å². The second-order valence-corrected chi connectivity index (χ2v) is 14.0. The molecule has 3 fully saturated rings. The van der Waals surface area contributed by atoms with Gasteiger partial charge in [-0.1, -0.05) is 83.9 Å². The van der Waals surface area contributed by atoms with Gasteiger partial charge in [0.1, 0.15) is 5.75 Å². The summed E-state index contributed by atoms with van der Waals surface area (Å²) in [6, 6.07) is 27.5. The van der Waals surface area contributed by atoms with Crippen LogP contribution in [0.2, 0.25) is 0 Å². The topological polar surface area (TPSA) is 107 Å². The first-order chi connectivity index (χ1) is 22.8. The number of aromatic hydroxyl groups is 1. The molecule has 6 atom stereocenters. The number of benzene rings is 3. The van der Waals surface area contributed by atoms with Crippen LogP contribution in [-0.4, -0.2) is 38.6 Å². The van der Waals surface area contributed by atoms with Crippen LogP contribution in [0.15, 0.2) is 108 Å². The second-order valence-electron chi connectivity index (χ2n) is 13.0. The van der Waals surface area contributed by atoms with Crippen LogP contribution in [-0.2, 0) is 31.1 Å². The van der Waals surface area contributed by atoms with Crippen molar-refractivity contribution in [2.75, 3.05) is 5.43 Å². The number of rotatable bonds is 6. The smallest absolute Gasteiger partial charge is 0.260 e. The van der Waals surface area contributed by atoms with Gasteiger partial charge in [0.15, 0.2) is 0 Å². The number of imide groups is 2. The predicted octanol–water partition coefficient (Wildman–Crippen LogP) is 5.95. The fraction of sp³-hybridized carbons (Fsp3) is 0.263. The highest BCUT2D eigenvalue weighted by molar-refractivity contribution is 7.09. The molecule has 1 aromatic heterocycles. The summed E-state index contributed by atoms with van der Waals surface area (Å²) >= 11 is 1.50. The van der Waals surface area contributed by atoms with E-state index >= 15 is 4.79 Å². The third kappa shape index (κ3) is 4.33. The average Bonchev–Trinajstić information content (AvgIpc) is 3.75. The van der Waals surface area contributed by atoms with Crippen LogP contribution in [0.4, 0.5) is 5.69 Å². The number of phenols is 1. The molecule has 1 saturated carbocycles. The lowest BCUT2D eigenvalue weighted by molar-refractivity contribution is -0.141. The van der Waals surface area contributed by atoms with Crippen molar-refractivity contribution in [1.82, 2.24) is 9.91 Å². The Morgan fingerprint density at radius 2 is 1.60 bits per heavy atom. The number of thiophene rings is 1. The first-order valence-corrected chi connectivity index (χ1v) is 16.8. The highest BCUT2D eigenvalue weighted by Gasteiger charge is 2.70. The van der Waals surface area contributed by atoms with Crippen molar-refractivity contribution in [1.29, 1.82) is 0 Å². The van der Waals surface area contributed by atoms with Gasteiger partial charge in [-0.05, 0) is 60.9 Å². The van der Waals surface area contributed by atoms with Gasteiger partial charge in [0.05, 0.1) is 35.4 Å². The molecule has 0 bridgehead atoms. The molecule has 3 aromatic carbocycles. The lowest BCUT2D eigenvalue weighted by Gasteiger charge is -2.50. The minimum absolute atomic E-state index is 0.00793. The van der Waals surface area contributed by atoms with Gasteiger partial charge in [-0.2, -0.15) is 5.01 Å². The molecular weight excluding hydrogens is 611 g/mol. The van der Waals surface area contributed by atoms with E-state index in [0.29, 0.717) is 23.2 Å². The number of hydrazine groups is 1. The zero-order valence-corrected chi connectivity index (χ0v) is 26.5. The number of hydrogen-bond donors (Lipinski definition) is 2. The third-order valence-corrected chi connectivity index (χ3v) is 11.5. The van der Waals surface area contributed by atoms with Crippen LogP contribution in [0.3, 0.4) is 0 Å². The second kappa shape index (κ2) is 11.1. The van der Waals surface area contributed by atoms with Crippen molar-refractivity contribution in [3.8, 4) is 5.75 Å². The number of hydrogen-bond acceptors (Lipinski definition) is 7. The first kappa shape index (κ1) is 29.4. The van der Waals surface area contributed by atoms with Crippen LogP contribution in [0.1, 0.15) is 40.3 Å². The normalized spacial score (nSPS) is 28.2. The summed E-state index contributed by atoms with van der Waals surface area (Å²) < 4.78 is 0. The average molecular weight is 644 g/mol. The van der Waals surface area contributed by atoms with Gasteiger partial charge < -0.3 is 5.11 Å². The number of phenolic OH excluding ortho intramolecular Hbond substituents is 1. The molecule has 0 spiro atoms. The summed E-state index contributed by atoms with van der Waals surface area (Å²) in [6.45, 7) is 2.18. The number of aryl methyl sites for hydroxylation is 1. The molecule has 2 saturated heterocycles. The molecule has 8 rings (SSSR count). The molecule has 3 heterocycles. The molecule has 0 radical (unpaired) electrons. The largest absolute Gasteiger partial charge is 0.508 e. The molecule has 2 N–H and O–H groups in total. The highest BCUT2D eigenvalue weighted by Crippen LogP contribution is 2.64. The summed E-state index contributed by atoms with van der Waals surface area (Å²) in [5.74, 6) is -4.53. The first-order valence-electron chi connectivity index (χ1n) is 15.9. The Morgan fingerprint density at radius 1 is 0.851 bits per heavy atom. The Bertz CT molecular complexity index is 1940. The standard InChI is InChI=1S/C38H33N3O5S/c1-22-13-15-24(16-14-22)39-41-35(44)30-20-29-26(17-18-28-32(29)36(45)40(34(28)43)21-25-10-7-19-47-25)33(27-11-5-6-12-31(27)42)38(30,37(41)46)23-8-3-2-4-9-23/h2-17,19,28-30,32-33,39,42H,18,20-21H2,1H3. The molecule has 6 unspecified atom stereocenters. The molecule has 236 valence electrons. The van der Waals surface area contributed by atoms with E-state index in [0.717, 1.165) is 21.0 Å². The Labute approximate surface area is 276 Å². The van der Waals surface area contributed by atoms with E-state index in [2.05, 4.69) is 5.43 Å². The number of nitrogens with zero attached hydrogens (tertiary/aromatic N) is 2. The van der Waals surface area contributed by atoms with Crippen molar-refractivity contribution in [3.05, 3.63) is 130 Å².